The normalized spacial score (nSPS) is 16.1. The lowest BCUT2D eigenvalue weighted by Gasteiger charge is -2.26. The van der Waals surface area contributed by atoms with Crippen LogP contribution in [0.4, 0.5) is 4.39 Å². The molecule has 27 heavy (non-hydrogen) atoms. The van der Waals surface area contributed by atoms with Gasteiger partial charge >= 0.3 is 0 Å². The second-order valence-corrected chi connectivity index (χ2v) is 6.57. The summed E-state index contributed by atoms with van der Waals surface area (Å²) in [6, 6.07) is 13.3. The number of hydrogen-bond donors (Lipinski definition) is 0. The number of amides is 1. The van der Waals surface area contributed by atoms with Crippen LogP contribution in [-0.4, -0.2) is 36.7 Å². The SMILES string of the molecule is C=CCOc1ccc(C(=O)N(Cc2ccc(F)cc2)CC2CCCO2)cc1. The number of halogens is 1. The van der Waals surface area contributed by atoms with Crippen LogP contribution in [-0.2, 0) is 11.3 Å². The minimum Gasteiger partial charge on any atom is -0.490 e. The van der Waals surface area contributed by atoms with Gasteiger partial charge in [0.1, 0.15) is 18.2 Å². The number of carbonyl (C=O) groups excluding carboxylic acids is 1. The molecule has 4 nitrogen and oxygen atoms in total. The highest BCUT2D eigenvalue weighted by Gasteiger charge is 2.23. The number of ether oxygens (including phenoxy) is 2. The number of hydrogen-bond acceptors (Lipinski definition) is 3. The van der Waals surface area contributed by atoms with Gasteiger partial charge < -0.3 is 14.4 Å². The predicted octanol–water partition coefficient (Wildman–Crippen LogP) is 4.21. The van der Waals surface area contributed by atoms with Gasteiger partial charge in [-0.1, -0.05) is 24.8 Å². The van der Waals surface area contributed by atoms with Gasteiger partial charge in [0.15, 0.2) is 0 Å². The van der Waals surface area contributed by atoms with Crippen molar-refractivity contribution in [3.8, 4) is 5.75 Å². The molecule has 0 radical (unpaired) electrons. The fraction of sp³-hybridized carbons (Fsp3) is 0.318. The molecule has 2 aromatic carbocycles. The fourth-order valence-electron chi connectivity index (χ4n) is 3.10. The van der Waals surface area contributed by atoms with Gasteiger partial charge in [-0.25, -0.2) is 4.39 Å². The van der Waals surface area contributed by atoms with Gasteiger partial charge in [0, 0.05) is 25.3 Å². The first kappa shape index (κ1) is 19.1. The maximum Gasteiger partial charge on any atom is 0.254 e. The molecular formula is C22H24FNO3. The summed E-state index contributed by atoms with van der Waals surface area (Å²) in [7, 11) is 0. The fourth-order valence-corrected chi connectivity index (χ4v) is 3.10. The first-order chi connectivity index (χ1) is 13.2. The van der Waals surface area contributed by atoms with Crippen LogP contribution in [0.25, 0.3) is 0 Å². The summed E-state index contributed by atoms with van der Waals surface area (Å²) in [6.07, 6.45) is 3.68. The lowest BCUT2D eigenvalue weighted by Crippen LogP contribution is -2.37. The molecule has 0 aliphatic carbocycles. The van der Waals surface area contributed by atoms with Crippen molar-refractivity contribution in [3.63, 3.8) is 0 Å². The van der Waals surface area contributed by atoms with E-state index in [2.05, 4.69) is 6.58 Å². The minimum atomic E-state index is -0.286. The van der Waals surface area contributed by atoms with Crippen LogP contribution in [0.3, 0.4) is 0 Å². The third-order valence-electron chi connectivity index (χ3n) is 4.49. The molecule has 2 aromatic rings. The zero-order valence-corrected chi connectivity index (χ0v) is 15.3. The quantitative estimate of drug-likeness (QED) is 0.654. The van der Waals surface area contributed by atoms with E-state index >= 15 is 0 Å². The Morgan fingerprint density at radius 1 is 1.22 bits per heavy atom. The molecule has 1 atom stereocenters. The van der Waals surface area contributed by atoms with E-state index in [1.54, 1.807) is 47.4 Å². The van der Waals surface area contributed by atoms with E-state index in [1.165, 1.54) is 12.1 Å². The van der Waals surface area contributed by atoms with E-state index in [4.69, 9.17) is 9.47 Å². The van der Waals surface area contributed by atoms with Crippen molar-refractivity contribution in [1.82, 2.24) is 4.90 Å². The molecule has 0 aromatic heterocycles. The summed E-state index contributed by atoms with van der Waals surface area (Å²) in [5.74, 6) is 0.326. The molecule has 3 rings (SSSR count). The molecule has 1 unspecified atom stereocenters. The molecule has 0 N–H and O–H groups in total. The minimum absolute atomic E-state index is 0.0459. The van der Waals surface area contributed by atoms with Gasteiger partial charge in [-0.2, -0.15) is 0 Å². The highest BCUT2D eigenvalue weighted by Crippen LogP contribution is 2.19. The van der Waals surface area contributed by atoms with Gasteiger partial charge in [-0.15, -0.1) is 0 Å². The third kappa shape index (κ3) is 5.41. The van der Waals surface area contributed by atoms with Gasteiger partial charge in [0.05, 0.1) is 6.10 Å². The average molecular weight is 369 g/mol. The van der Waals surface area contributed by atoms with Gasteiger partial charge in [-0.3, -0.25) is 4.79 Å². The largest absolute Gasteiger partial charge is 0.490 e. The summed E-state index contributed by atoms with van der Waals surface area (Å²) < 4.78 is 24.4. The molecule has 1 amide bonds. The van der Waals surface area contributed by atoms with Crippen LogP contribution >= 0.6 is 0 Å². The maximum atomic E-state index is 13.2. The van der Waals surface area contributed by atoms with E-state index in [0.29, 0.717) is 31.0 Å². The number of nitrogens with zero attached hydrogens (tertiary/aromatic N) is 1. The van der Waals surface area contributed by atoms with E-state index < -0.39 is 0 Å². The molecule has 5 heteroatoms. The van der Waals surface area contributed by atoms with Crippen molar-refractivity contribution in [2.75, 3.05) is 19.8 Å². The highest BCUT2D eigenvalue weighted by atomic mass is 19.1. The third-order valence-corrected chi connectivity index (χ3v) is 4.49. The van der Waals surface area contributed by atoms with Crippen molar-refractivity contribution in [2.45, 2.75) is 25.5 Å². The van der Waals surface area contributed by atoms with Crippen LogP contribution in [0, 0.1) is 5.82 Å². The first-order valence-electron chi connectivity index (χ1n) is 9.15. The lowest BCUT2D eigenvalue weighted by molar-refractivity contribution is 0.0507. The number of rotatable bonds is 8. The Hall–Kier alpha value is -2.66. The summed E-state index contributed by atoms with van der Waals surface area (Å²) in [4.78, 5) is 14.8. The summed E-state index contributed by atoms with van der Waals surface area (Å²) in [5, 5.41) is 0. The molecule has 0 saturated carbocycles. The van der Waals surface area contributed by atoms with Crippen molar-refractivity contribution in [1.29, 1.82) is 0 Å². The van der Waals surface area contributed by atoms with Crippen molar-refractivity contribution < 1.29 is 18.7 Å². The zero-order valence-electron chi connectivity index (χ0n) is 15.3. The Labute approximate surface area is 159 Å². The summed E-state index contributed by atoms with van der Waals surface area (Å²) >= 11 is 0. The monoisotopic (exact) mass is 369 g/mol. The van der Waals surface area contributed by atoms with Gasteiger partial charge in [-0.05, 0) is 54.8 Å². The zero-order chi connectivity index (χ0) is 19.1. The molecule has 1 fully saturated rings. The summed E-state index contributed by atoms with van der Waals surface area (Å²) in [6.45, 7) is 5.70. The van der Waals surface area contributed by atoms with Gasteiger partial charge in [0.2, 0.25) is 0 Å². The smallest absolute Gasteiger partial charge is 0.254 e. The van der Waals surface area contributed by atoms with E-state index in [9.17, 15) is 9.18 Å². The van der Waals surface area contributed by atoms with E-state index in [-0.39, 0.29) is 17.8 Å². The van der Waals surface area contributed by atoms with E-state index in [1.807, 2.05) is 0 Å². The number of carbonyl (C=O) groups is 1. The van der Waals surface area contributed by atoms with Crippen LogP contribution in [0.5, 0.6) is 5.75 Å². The Morgan fingerprint density at radius 3 is 2.59 bits per heavy atom. The summed E-state index contributed by atoms with van der Waals surface area (Å²) in [5.41, 5.74) is 1.47. The Balaban J connectivity index is 1.74. The highest BCUT2D eigenvalue weighted by molar-refractivity contribution is 5.94. The lowest BCUT2D eigenvalue weighted by atomic mass is 10.1. The first-order valence-corrected chi connectivity index (χ1v) is 9.15. The Kier molecular flexibility index (Phi) is 6.60. The van der Waals surface area contributed by atoms with Crippen LogP contribution in [0.1, 0.15) is 28.8 Å². The van der Waals surface area contributed by atoms with Crippen molar-refractivity contribution in [2.24, 2.45) is 0 Å². The average Bonchev–Trinajstić information content (AvgIpc) is 3.20. The van der Waals surface area contributed by atoms with Crippen LogP contribution in [0.15, 0.2) is 61.2 Å². The molecule has 1 aliphatic heterocycles. The molecule has 0 bridgehead atoms. The van der Waals surface area contributed by atoms with Gasteiger partial charge in [0.25, 0.3) is 5.91 Å². The molecule has 142 valence electrons. The second-order valence-electron chi connectivity index (χ2n) is 6.57. The van der Waals surface area contributed by atoms with Crippen molar-refractivity contribution in [3.05, 3.63) is 78.1 Å². The molecule has 0 spiro atoms. The number of benzene rings is 2. The van der Waals surface area contributed by atoms with Crippen LogP contribution < -0.4 is 4.74 Å². The molecule has 1 aliphatic rings. The molecule has 1 saturated heterocycles. The Bertz CT molecular complexity index is 752. The van der Waals surface area contributed by atoms with Crippen molar-refractivity contribution >= 4 is 5.91 Å². The molecular weight excluding hydrogens is 345 g/mol. The Morgan fingerprint density at radius 2 is 1.96 bits per heavy atom. The molecule has 1 heterocycles. The van der Waals surface area contributed by atoms with E-state index in [0.717, 1.165) is 25.0 Å². The maximum absolute atomic E-state index is 13.2. The second kappa shape index (κ2) is 9.33. The topological polar surface area (TPSA) is 38.8 Å². The predicted molar refractivity (Wildman–Crippen MR) is 102 cm³/mol. The van der Waals surface area contributed by atoms with Crippen LogP contribution in [0.2, 0.25) is 0 Å². The standard InChI is InChI=1S/C22H24FNO3/c1-2-13-26-20-11-7-18(8-12-20)22(25)24(16-21-4-3-14-27-21)15-17-5-9-19(23)10-6-17/h2,5-12,21H,1,3-4,13-16H2.